The van der Waals surface area contributed by atoms with E-state index in [1.54, 1.807) is 12.1 Å². The number of carboxylic acids is 1. The van der Waals surface area contributed by atoms with E-state index < -0.39 is 5.97 Å². The van der Waals surface area contributed by atoms with E-state index in [1.807, 2.05) is 17.0 Å². The minimum Gasteiger partial charge on any atom is -0.481 e. The predicted octanol–water partition coefficient (Wildman–Crippen LogP) is 2.94. The van der Waals surface area contributed by atoms with Crippen molar-refractivity contribution in [2.24, 2.45) is 0 Å². The zero-order chi connectivity index (χ0) is 17.1. The van der Waals surface area contributed by atoms with Gasteiger partial charge in [-0.3, -0.25) is 9.59 Å². The molecule has 1 aromatic heterocycles. The molecule has 0 unspecified atom stereocenters. The molecule has 1 aliphatic heterocycles. The largest absolute Gasteiger partial charge is 0.481 e. The number of fused-ring (bicyclic) bond motifs is 1. The molecule has 1 amide bonds. The molecule has 0 radical (unpaired) electrons. The van der Waals surface area contributed by atoms with Gasteiger partial charge in [-0.1, -0.05) is 23.7 Å². The quantitative estimate of drug-likeness (QED) is 0.885. The maximum absolute atomic E-state index is 12.5. The van der Waals surface area contributed by atoms with Crippen LogP contribution in [0.2, 0.25) is 5.02 Å². The number of aliphatic carboxylic acids is 1. The Bertz CT molecular complexity index is 758. The zero-order valence-corrected chi connectivity index (χ0v) is 14.6. The summed E-state index contributed by atoms with van der Waals surface area (Å²) < 4.78 is 0. The molecular weight excluding hydrogens is 348 g/mol. The standard InChI is InChI=1S/C17H17ClN2O3S/c18-12-3-1-11(2-4-12)9-16(21)20-8-7-13-14(10-20)24-15(19-13)5-6-17(22)23/h1-4H,5-10H2,(H,22,23). The van der Waals surface area contributed by atoms with Crippen molar-refractivity contribution in [2.45, 2.75) is 32.2 Å². The van der Waals surface area contributed by atoms with Crippen molar-refractivity contribution in [1.29, 1.82) is 0 Å². The molecule has 24 heavy (non-hydrogen) atoms. The number of aromatic nitrogens is 1. The molecule has 0 saturated heterocycles. The fraction of sp³-hybridized carbons (Fsp3) is 0.353. The molecule has 7 heteroatoms. The topological polar surface area (TPSA) is 70.5 Å². The van der Waals surface area contributed by atoms with Gasteiger partial charge in [0.05, 0.1) is 30.1 Å². The van der Waals surface area contributed by atoms with Gasteiger partial charge >= 0.3 is 5.97 Å². The Balaban J connectivity index is 1.62. The van der Waals surface area contributed by atoms with Gasteiger partial charge in [-0.15, -0.1) is 11.3 Å². The number of hydrogen-bond donors (Lipinski definition) is 1. The van der Waals surface area contributed by atoms with E-state index in [0.717, 1.165) is 27.6 Å². The number of amides is 1. The number of thiazole rings is 1. The first-order valence-corrected chi connectivity index (χ1v) is 8.92. The molecule has 2 aromatic rings. The number of carboxylic acid groups (broad SMARTS) is 1. The minimum atomic E-state index is -0.817. The van der Waals surface area contributed by atoms with Crippen molar-refractivity contribution in [1.82, 2.24) is 9.88 Å². The molecule has 0 aliphatic carbocycles. The molecule has 0 fully saturated rings. The lowest BCUT2D eigenvalue weighted by Gasteiger charge is -2.26. The first-order chi connectivity index (χ1) is 11.5. The second-order valence-corrected chi connectivity index (χ2v) is 7.34. The van der Waals surface area contributed by atoms with E-state index in [9.17, 15) is 9.59 Å². The third-order valence-corrected chi connectivity index (χ3v) is 5.34. The third-order valence-electron chi connectivity index (χ3n) is 3.95. The van der Waals surface area contributed by atoms with Crippen molar-refractivity contribution >= 4 is 34.8 Å². The van der Waals surface area contributed by atoms with Crippen LogP contribution in [0.4, 0.5) is 0 Å². The first kappa shape index (κ1) is 16.9. The second kappa shape index (κ2) is 7.32. The summed E-state index contributed by atoms with van der Waals surface area (Å²) in [7, 11) is 0. The highest BCUT2D eigenvalue weighted by molar-refractivity contribution is 7.11. The number of halogens is 1. The summed E-state index contributed by atoms with van der Waals surface area (Å²) in [5.74, 6) is -0.730. The summed E-state index contributed by atoms with van der Waals surface area (Å²) in [6.45, 7) is 1.22. The van der Waals surface area contributed by atoms with Crippen LogP contribution < -0.4 is 0 Å². The van der Waals surface area contributed by atoms with Crippen molar-refractivity contribution in [3.63, 3.8) is 0 Å². The molecule has 5 nitrogen and oxygen atoms in total. The van der Waals surface area contributed by atoms with Gasteiger partial charge in [-0.05, 0) is 17.7 Å². The van der Waals surface area contributed by atoms with Crippen LogP contribution in [0, 0.1) is 0 Å². The van der Waals surface area contributed by atoms with Crippen LogP contribution in [-0.2, 0) is 35.4 Å². The molecule has 0 bridgehead atoms. The van der Waals surface area contributed by atoms with E-state index in [2.05, 4.69) is 4.98 Å². The Kier molecular flexibility index (Phi) is 5.16. The van der Waals surface area contributed by atoms with Gasteiger partial charge in [0.1, 0.15) is 0 Å². The van der Waals surface area contributed by atoms with Crippen molar-refractivity contribution in [3.05, 3.63) is 50.4 Å². The fourth-order valence-electron chi connectivity index (χ4n) is 2.67. The van der Waals surface area contributed by atoms with Crippen molar-refractivity contribution in [2.75, 3.05) is 6.54 Å². The van der Waals surface area contributed by atoms with Crippen LogP contribution >= 0.6 is 22.9 Å². The van der Waals surface area contributed by atoms with E-state index in [-0.39, 0.29) is 12.3 Å². The maximum Gasteiger partial charge on any atom is 0.303 e. The Labute approximate surface area is 148 Å². The highest BCUT2D eigenvalue weighted by Gasteiger charge is 2.24. The SMILES string of the molecule is O=C(O)CCc1nc2c(s1)CN(C(=O)Cc1ccc(Cl)cc1)CC2. The van der Waals surface area contributed by atoms with Crippen LogP contribution in [0.25, 0.3) is 0 Å². The zero-order valence-electron chi connectivity index (χ0n) is 13.0. The summed E-state index contributed by atoms with van der Waals surface area (Å²) >= 11 is 7.38. The van der Waals surface area contributed by atoms with Crippen LogP contribution in [-0.4, -0.2) is 33.4 Å². The van der Waals surface area contributed by atoms with Gasteiger partial charge in [0.25, 0.3) is 0 Å². The number of rotatable bonds is 5. The Hall–Kier alpha value is -1.92. The number of carbonyl (C=O) groups is 2. The summed E-state index contributed by atoms with van der Waals surface area (Å²) in [5, 5.41) is 10.3. The van der Waals surface area contributed by atoms with E-state index in [0.29, 0.717) is 31.0 Å². The molecule has 0 atom stereocenters. The van der Waals surface area contributed by atoms with Crippen molar-refractivity contribution in [3.8, 4) is 0 Å². The highest BCUT2D eigenvalue weighted by Crippen LogP contribution is 2.26. The second-order valence-electron chi connectivity index (χ2n) is 5.74. The number of benzene rings is 1. The van der Waals surface area contributed by atoms with Gasteiger partial charge in [-0.2, -0.15) is 0 Å². The summed E-state index contributed by atoms with van der Waals surface area (Å²) in [6, 6.07) is 7.31. The van der Waals surface area contributed by atoms with Gasteiger partial charge in [-0.25, -0.2) is 4.98 Å². The number of aryl methyl sites for hydroxylation is 1. The van der Waals surface area contributed by atoms with Gasteiger partial charge in [0.15, 0.2) is 0 Å². The molecule has 1 N–H and O–H groups in total. The van der Waals surface area contributed by atoms with Crippen LogP contribution in [0.3, 0.4) is 0 Å². The molecule has 2 heterocycles. The van der Waals surface area contributed by atoms with Gasteiger partial charge in [0.2, 0.25) is 5.91 Å². The number of carbonyl (C=O) groups excluding carboxylic acids is 1. The average Bonchev–Trinajstić information content (AvgIpc) is 2.97. The molecule has 126 valence electrons. The summed E-state index contributed by atoms with van der Waals surface area (Å²) in [5.41, 5.74) is 1.96. The monoisotopic (exact) mass is 364 g/mol. The average molecular weight is 365 g/mol. The highest BCUT2D eigenvalue weighted by atomic mass is 35.5. The van der Waals surface area contributed by atoms with Crippen LogP contribution in [0.1, 0.15) is 27.6 Å². The third kappa shape index (κ3) is 4.13. The Morgan fingerprint density at radius 1 is 1.29 bits per heavy atom. The van der Waals surface area contributed by atoms with Crippen LogP contribution in [0.15, 0.2) is 24.3 Å². The van der Waals surface area contributed by atoms with Gasteiger partial charge < -0.3 is 10.0 Å². The summed E-state index contributed by atoms with van der Waals surface area (Å²) in [4.78, 5) is 30.6. The molecule has 0 saturated carbocycles. The number of hydrogen-bond acceptors (Lipinski definition) is 4. The fourth-order valence-corrected chi connectivity index (χ4v) is 3.93. The molecule has 0 spiro atoms. The lowest BCUT2D eigenvalue weighted by atomic mass is 10.1. The summed E-state index contributed by atoms with van der Waals surface area (Å²) in [6.07, 6.45) is 1.62. The Morgan fingerprint density at radius 2 is 2.04 bits per heavy atom. The number of nitrogens with zero attached hydrogens (tertiary/aromatic N) is 2. The van der Waals surface area contributed by atoms with Crippen molar-refractivity contribution < 1.29 is 14.7 Å². The van der Waals surface area contributed by atoms with Gasteiger partial charge in [0, 0.05) is 29.3 Å². The van der Waals surface area contributed by atoms with E-state index in [1.165, 1.54) is 11.3 Å². The lowest BCUT2D eigenvalue weighted by molar-refractivity contribution is -0.137. The lowest BCUT2D eigenvalue weighted by Crippen LogP contribution is -2.36. The molecule has 1 aromatic carbocycles. The Morgan fingerprint density at radius 3 is 2.75 bits per heavy atom. The minimum absolute atomic E-state index is 0.0865. The maximum atomic E-state index is 12.5. The van der Waals surface area contributed by atoms with Crippen LogP contribution in [0.5, 0.6) is 0 Å². The molecular formula is C17H17ClN2O3S. The smallest absolute Gasteiger partial charge is 0.303 e. The molecule has 1 aliphatic rings. The molecule has 3 rings (SSSR count). The normalized spacial score (nSPS) is 13.6. The predicted molar refractivity (Wildman–Crippen MR) is 92.3 cm³/mol. The van der Waals surface area contributed by atoms with E-state index in [4.69, 9.17) is 16.7 Å². The van der Waals surface area contributed by atoms with E-state index >= 15 is 0 Å². The first-order valence-electron chi connectivity index (χ1n) is 7.73.